The lowest BCUT2D eigenvalue weighted by Gasteiger charge is -2.25. The molecule has 0 spiro atoms. The summed E-state index contributed by atoms with van der Waals surface area (Å²) in [5, 5.41) is 4.22. The van der Waals surface area contributed by atoms with Gasteiger partial charge >= 0.3 is 0 Å². The molecule has 2 aliphatic heterocycles. The number of hydrogen-bond acceptors (Lipinski definition) is 3. The molecule has 5 heteroatoms. The molecule has 2 aromatic carbocycles. The smallest absolute Gasteiger partial charge is 0.227 e. The van der Waals surface area contributed by atoms with Crippen LogP contribution in [0, 0.1) is 0 Å². The highest BCUT2D eigenvalue weighted by Crippen LogP contribution is 2.37. The third kappa shape index (κ3) is 4.71. The van der Waals surface area contributed by atoms with E-state index in [0.717, 1.165) is 68.0 Å². The quantitative estimate of drug-likeness (QED) is 0.493. The maximum absolute atomic E-state index is 12.7. The standard InChI is InChI=1S/C24H27ClN2O2/c25-21-5-3-4-17(14-21)9-12-26-11-2-1-6-22(28)20-15-18-7-8-23(29)27-13-10-19(16-20)24(18)27/h3-5,14-16,26H,1-2,6-13H2. The van der Waals surface area contributed by atoms with E-state index in [-0.39, 0.29) is 11.7 Å². The SMILES string of the molecule is O=C(CCCCNCCc1cccc(Cl)c1)c1cc2c3c(c1)CCN3C(=O)CC2. The number of carbonyl (C=O) groups excluding carboxylic acids is 2. The second-order valence-electron chi connectivity index (χ2n) is 7.95. The molecule has 152 valence electrons. The van der Waals surface area contributed by atoms with Crippen molar-refractivity contribution < 1.29 is 9.59 Å². The summed E-state index contributed by atoms with van der Waals surface area (Å²) in [6, 6.07) is 12.0. The number of nitrogens with zero attached hydrogens (tertiary/aromatic N) is 1. The average Bonchev–Trinajstić information content (AvgIpc) is 3.15. The normalized spacial score (nSPS) is 14.9. The van der Waals surface area contributed by atoms with Gasteiger partial charge in [0.2, 0.25) is 5.91 Å². The van der Waals surface area contributed by atoms with E-state index in [1.54, 1.807) is 0 Å². The van der Waals surface area contributed by atoms with Crippen LogP contribution in [0.5, 0.6) is 0 Å². The van der Waals surface area contributed by atoms with Crippen molar-refractivity contribution in [3.8, 4) is 0 Å². The monoisotopic (exact) mass is 410 g/mol. The predicted octanol–water partition coefficient (Wildman–Crippen LogP) is 4.36. The highest BCUT2D eigenvalue weighted by molar-refractivity contribution is 6.30. The fourth-order valence-electron chi connectivity index (χ4n) is 4.35. The molecule has 2 heterocycles. The van der Waals surface area contributed by atoms with Gasteiger partial charge in [0.1, 0.15) is 0 Å². The van der Waals surface area contributed by atoms with E-state index >= 15 is 0 Å². The molecule has 4 rings (SSSR count). The fraction of sp³-hybridized carbons (Fsp3) is 0.417. The van der Waals surface area contributed by atoms with Gasteiger partial charge in [0.15, 0.2) is 5.78 Å². The molecule has 1 N–H and O–H groups in total. The summed E-state index contributed by atoms with van der Waals surface area (Å²) in [6.45, 7) is 2.59. The van der Waals surface area contributed by atoms with E-state index in [1.165, 1.54) is 16.7 Å². The van der Waals surface area contributed by atoms with Gasteiger partial charge in [-0.15, -0.1) is 0 Å². The van der Waals surface area contributed by atoms with Crippen LogP contribution in [0.25, 0.3) is 0 Å². The van der Waals surface area contributed by atoms with Gasteiger partial charge in [-0.1, -0.05) is 23.7 Å². The van der Waals surface area contributed by atoms with Gasteiger partial charge in [-0.2, -0.15) is 0 Å². The number of rotatable bonds is 9. The predicted molar refractivity (Wildman–Crippen MR) is 117 cm³/mol. The lowest BCUT2D eigenvalue weighted by molar-refractivity contribution is -0.118. The number of Topliss-reactive ketones (excluding diaryl/α,β-unsaturated/α-hetero) is 1. The molecule has 0 saturated carbocycles. The Balaban J connectivity index is 1.20. The van der Waals surface area contributed by atoms with E-state index in [1.807, 2.05) is 35.2 Å². The van der Waals surface area contributed by atoms with Crippen LogP contribution in [0.1, 0.15) is 52.7 Å². The molecule has 0 aromatic heterocycles. The average molecular weight is 411 g/mol. The minimum Gasteiger partial charge on any atom is -0.316 e. The molecule has 0 bridgehead atoms. The molecular formula is C24H27ClN2O2. The van der Waals surface area contributed by atoms with Crippen molar-refractivity contribution in [3.05, 3.63) is 63.7 Å². The van der Waals surface area contributed by atoms with Crippen LogP contribution >= 0.6 is 11.6 Å². The number of aryl methyl sites for hydroxylation is 1. The summed E-state index contributed by atoms with van der Waals surface area (Å²) in [5.74, 6) is 0.441. The number of anilines is 1. The highest BCUT2D eigenvalue weighted by atomic mass is 35.5. The molecule has 0 aliphatic carbocycles. The Bertz CT molecular complexity index is 925. The Kier molecular flexibility index (Phi) is 6.31. The zero-order chi connectivity index (χ0) is 20.2. The van der Waals surface area contributed by atoms with E-state index in [4.69, 9.17) is 11.6 Å². The number of amides is 1. The number of nitrogens with one attached hydrogen (secondary N) is 1. The lowest BCUT2D eigenvalue weighted by Crippen LogP contribution is -2.32. The first-order valence-electron chi connectivity index (χ1n) is 10.6. The molecule has 1 amide bonds. The number of hydrogen-bond donors (Lipinski definition) is 1. The molecule has 29 heavy (non-hydrogen) atoms. The van der Waals surface area contributed by atoms with Gasteiger partial charge in [-0.3, -0.25) is 9.59 Å². The van der Waals surface area contributed by atoms with Gasteiger partial charge in [0, 0.05) is 30.0 Å². The van der Waals surface area contributed by atoms with Crippen LogP contribution in [0.3, 0.4) is 0 Å². The van der Waals surface area contributed by atoms with Gasteiger partial charge in [0.25, 0.3) is 0 Å². The molecule has 2 aliphatic rings. The van der Waals surface area contributed by atoms with Crippen molar-refractivity contribution in [2.24, 2.45) is 0 Å². The first-order valence-corrected chi connectivity index (χ1v) is 10.9. The van der Waals surface area contributed by atoms with Crippen LogP contribution in [-0.4, -0.2) is 31.3 Å². The second kappa shape index (κ2) is 9.10. The second-order valence-corrected chi connectivity index (χ2v) is 8.39. The topological polar surface area (TPSA) is 49.4 Å². The Hall–Kier alpha value is -2.17. The minimum atomic E-state index is 0.221. The van der Waals surface area contributed by atoms with E-state index in [9.17, 15) is 9.59 Å². The van der Waals surface area contributed by atoms with Gasteiger partial charge < -0.3 is 10.2 Å². The van der Waals surface area contributed by atoms with E-state index in [0.29, 0.717) is 12.8 Å². The Morgan fingerprint density at radius 2 is 1.86 bits per heavy atom. The van der Waals surface area contributed by atoms with Crippen LogP contribution in [0.15, 0.2) is 36.4 Å². The molecular weight excluding hydrogens is 384 g/mol. The first-order chi connectivity index (χ1) is 14.1. The molecule has 0 radical (unpaired) electrons. The summed E-state index contributed by atoms with van der Waals surface area (Å²) in [7, 11) is 0. The van der Waals surface area contributed by atoms with Gasteiger partial charge in [0.05, 0.1) is 5.69 Å². The molecule has 0 unspecified atom stereocenters. The van der Waals surface area contributed by atoms with E-state index < -0.39 is 0 Å². The fourth-order valence-corrected chi connectivity index (χ4v) is 4.56. The summed E-state index contributed by atoms with van der Waals surface area (Å²) in [4.78, 5) is 26.6. The zero-order valence-electron chi connectivity index (χ0n) is 16.7. The summed E-state index contributed by atoms with van der Waals surface area (Å²) in [6.07, 6.45) is 5.60. The highest BCUT2D eigenvalue weighted by Gasteiger charge is 2.31. The van der Waals surface area contributed by atoms with Crippen LogP contribution in [-0.2, 0) is 24.1 Å². The van der Waals surface area contributed by atoms with Crippen LogP contribution in [0.4, 0.5) is 5.69 Å². The zero-order valence-corrected chi connectivity index (χ0v) is 17.4. The number of unbranched alkanes of at least 4 members (excludes halogenated alkanes) is 1. The van der Waals surface area contributed by atoms with Crippen molar-refractivity contribution in [3.63, 3.8) is 0 Å². The molecule has 0 atom stereocenters. The van der Waals surface area contributed by atoms with E-state index in [2.05, 4.69) is 11.4 Å². The third-order valence-corrected chi connectivity index (χ3v) is 6.10. The third-order valence-electron chi connectivity index (χ3n) is 5.86. The van der Waals surface area contributed by atoms with Crippen molar-refractivity contribution in [2.75, 3.05) is 24.5 Å². The maximum atomic E-state index is 12.7. The van der Waals surface area contributed by atoms with Crippen molar-refractivity contribution in [1.82, 2.24) is 5.32 Å². The number of carbonyl (C=O) groups is 2. The summed E-state index contributed by atoms with van der Waals surface area (Å²) >= 11 is 6.00. The van der Waals surface area contributed by atoms with Crippen LogP contribution < -0.4 is 10.2 Å². The Labute approximate surface area is 177 Å². The minimum absolute atomic E-state index is 0.221. The Morgan fingerprint density at radius 1 is 1.03 bits per heavy atom. The number of halogens is 1. The van der Waals surface area contributed by atoms with Gasteiger partial charge in [-0.05, 0) is 86.1 Å². The van der Waals surface area contributed by atoms with Crippen LogP contribution in [0.2, 0.25) is 5.02 Å². The maximum Gasteiger partial charge on any atom is 0.227 e. The van der Waals surface area contributed by atoms with Gasteiger partial charge in [-0.25, -0.2) is 0 Å². The number of ketones is 1. The largest absolute Gasteiger partial charge is 0.316 e. The summed E-state index contributed by atoms with van der Waals surface area (Å²) < 4.78 is 0. The molecule has 0 fully saturated rings. The van der Waals surface area contributed by atoms with Crippen molar-refractivity contribution >= 4 is 29.0 Å². The molecule has 0 saturated heterocycles. The molecule has 2 aromatic rings. The lowest BCUT2D eigenvalue weighted by atomic mass is 9.94. The Morgan fingerprint density at radius 3 is 2.69 bits per heavy atom. The van der Waals surface area contributed by atoms with Crippen molar-refractivity contribution in [2.45, 2.75) is 44.9 Å². The van der Waals surface area contributed by atoms with Crippen molar-refractivity contribution in [1.29, 1.82) is 0 Å². The molecule has 4 nitrogen and oxygen atoms in total. The number of benzene rings is 2. The summed E-state index contributed by atoms with van der Waals surface area (Å²) in [5.41, 5.74) is 5.48. The first kappa shape index (κ1) is 20.1.